The fourth-order valence-electron chi connectivity index (χ4n) is 2.12. The molecule has 0 bridgehead atoms. The zero-order valence-electron chi connectivity index (χ0n) is 14.1. The van der Waals surface area contributed by atoms with E-state index < -0.39 is 28.6 Å². The molecule has 0 saturated carbocycles. The fraction of sp³-hybridized carbons (Fsp3) is 0.312. The molecule has 8 nitrogen and oxygen atoms in total. The van der Waals surface area contributed by atoms with Crippen molar-refractivity contribution in [2.24, 2.45) is 4.40 Å². The summed E-state index contributed by atoms with van der Waals surface area (Å²) in [5.41, 5.74) is 2.00. The first-order valence-electron chi connectivity index (χ1n) is 7.44. The summed E-state index contributed by atoms with van der Waals surface area (Å²) in [6.45, 7) is 3.13. The smallest absolute Gasteiger partial charge is 0.344 e. The Kier molecular flexibility index (Phi) is 5.58. The van der Waals surface area contributed by atoms with Crippen molar-refractivity contribution in [3.63, 3.8) is 0 Å². The first kappa shape index (κ1) is 18.7. The molecule has 0 radical (unpaired) electrons. The van der Waals surface area contributed by atoms with Gasteiger partial charge in [-0.25, -0.2) is 9.10 Å². The molecule has 0 fully saturated rings. The number of aryl methyl sites for hydroxylation is 1. The van der Waals surface area contributed by atoms with E-state index >= 15 is 0 Å². The van der Waals surface area contributed by atoms with E-state index in [1.165, 1.54) is 14.0 Å². The molecule has 134 valence electrons. The van der Waals surface area contributed by atoms with Gasteiger partial charge < -0.3 is 10.1 Å². The third-order valence-electron chi connectivity index (χ3n) is 3.53. The molecule has 1 N–H and O–H groups in total. The number of nitrogens with one attached hydrogen (secondary N) is 1. The second-order valence-electron chi connectivity index (χ2n) is 5.50. The zero-order valence-corrected chi connectivity index (χ0v) is 15.0. The van der Waals surface area contributed by atoms with Crippen molar-refractivity contribution in [3.05, 3.63) is 47.2 Å². The number of methoxy groups -OCH3 is 1. The summed E-state index contributed by atoms with van der Waals surface area (Å²) < 4.78 is 32.9. The number of amides is 1. The number of benzene rings is 1. The Morgan fingerprint density at radius 3 is 2.44 bits per heavy atom. The Labute approximate surface area is 146 Å². The molecule has 0 spiro atoms. The van der Waals surface area contributed by atoms with Crippen LogP contribution in [0, 0.1) is 6.92 Å². The predicted molar refractivity (Wildman–Crippen MR) is 91.9 cm³/mol. The van der Waals surface area contributed by atoms with Crippen molar-refractivity contribution >= 4 is 27.8 Å². The summed E-state index contributed by atoms with van der Waals surface area (Å²) in [6, 6.07) is 7.57. The highest BCUT2D eigenvalue weighted by Gasteiger charge is 2.29. The van der Waals surface area contributed by atoms with Crippen LogP contribution in [0.15, 0.2) is 40.4 Å². The van der Waals surface area contributed by atoms with Gasteiger partial charge in [-0.3, -0.25) is 4.79 Å². The molecule has 25 heavy (non-hydrogen) atoms. The number of carbonyl (C=O) groups excluding carboxylic acids is 2. The highest BCUT2D eigenvalue weighted by atomic mass is 32.2. The van der Waals surface area contributed by atoms with Gasteiger partial charge in [0, 0.05) is 12.7 Å². The maximum absolute atomic E-state index is 12.1. The van der Waals surface area contributed by atoms with E-state index in [1.54, 1.807) is 0 Å². The normalized spacial score (nSPS) is 15.9. The number of esters is 1. The van der Waals surface area contributed by atoms with Crippen molar-refractivity contribution in [2.45, 2.75) is 20.4 Å². The van der Waals surface area contributed by atoms with Crippen molar-refractivity contribution < 1.29 is 22.7 Å². The summed E-state index contributed by atoms with van der Waals surface area (Å²) in [6.07, 6.45) is 1.06. The van der Waals surface area contributed by atoms with E-state index in [1.807, 2.05) is 31.2 Å². The van der Waals surface area contributed by atoms with Crippen LogP contribution in [0.1, 0.15) is 18.1 Å². The highest BCUT2D eigenvalue weighted by molar-refractivity contribution is 7.88. The van der Waals surface area contributed by atoms with Gasteiger partial charge in [-0.2, -0.15) is 8.42 Å². The average Bonchev–Trinajstić information content (AvgIpc) is 2.55. The summed E-state index contributed by atoms with van der Waals surface area (Å²) in [4.78, 5) is 23.7. The van der Waals surface area contributed by atoms with Crippen molar-refractivity contribution in [1.82, 2.24) is 9.62 Å². The first-order chi connectivity index (χ1) is 11.7. The standard InChI is InChI=1S/C16H19N3O5S/c1-11-4-6-13(7-5-11)8-17-15(20)10-19-9-14(16(21)24-3)12(2)18-25(19,22)23/h4-7,9H,8,10H2,1-3H3,(H,17,20). The quantitative estimate of drug-likeness (QED) is 0.773. The highest BCUT2D eigenvalue weighted by Crippen LogP contribution is 2.17. The number of hydrogen-bond acceptors (Lipinski definition) is 5. The molecule has 0 unspecified atom stereocenters. The van der Waals surface area contributed by atoms with E-state index in [0.717, 1.165) is 21.6 Å². The van der Waals surface area contributed by atoms with Gasteiger partial charge in [-0.05, 0) is 19.4 Å². The number of ether oxygens (including phenoxy) is 1. The number of rotatable bonds is 5. The molecule has 0 aliphatic carbocycles. The zero-order chi connectivity index (χ0) is 18.6. The Balaban J connectivity index is 2.06. The van der Waals surface area contributed by atoms with Crippen LogP contribution in [0.5, 0.6) is 0 Å². The van der Waals surface area contributed by atoms with E-state index in [-0.39, 0.29) is 17.8 Å². The lowest BCUT2D eigenvalue weighted by Gasteiger charge is -2.22. The van der Waals surface area contributed by atoms with Gasteiger partial charge in [0.1, 0.15) is 6.54 Å². The molecular formula is C16H19N3O5S. The van der Waals surface area contributed by atoms with E-state index in [4.69, 9.17) is 0 Å². The largest absolute Gasteiger partial charge is 0.465 e. The fourth-order valence-corrected chi connectivity index (χ4v) is 3.19. The third kappa shape index (κ3) is 4.66. The van der Waals surface area contributed by atoms with Gasteiger partial charge in [0.05, 0.1) is 18.4 Å². The topological polar surface area (TPSA) is 105 Å². The maximum atomic E-state index is 12.1. The SMILES string of the molecule is COC(=O)C1=CN(CC(=O)NCc2ccc(C)cc2)S(=O)(=O)N=C1C. The molecule has 1 heterocycles. The van der Waals surface area contributed by atoms with Crippen LogP contribution in [0.25, 0.3) is 0 Å². The molecule has 1 aromatic rings. The molecule has 0 saturated heterocycles. The van der Waals surface area contributed by atoms with Crippen LogP contribution in [0.2, 0.25) is 0 Å². The van der Waals surface area contributed by atoms with Crippen LogP contribution < -0.4 is 5.32 Å². The minimum absolute atomic E-state index is 0.0105. The molecule has 0 atom stereocenters. The molecule has 1 aromatic carbocycles. The molecule has 0 aromatic heterocycles. The molecule has 2 rings (SSSR count). The van der Waals surface area contributed by atoms with E-state index in [0.29, 0.717) is 0 Å². The van der Waals surface area contributed by atoms with Gasteiger partial charge in [-0.15, -0.1) is 4.40 Å². The summed E-state index contributed by atoms with van der Waals surface area (Å²) in [5, 5.41) is 2.63. The predicted octanol–water partition coefficient (Wildman–Crippen LogP) is 0.689. The van der Waals surface area contributed by atoms with Gasteiger partial charge in [0.25, 0.3) is 0 Å². The Morgan fingerprint density at radius 1 is 1.20 bits per heavy atom. The Bertz CT molecular complexity index is 841. The summed E-state index contributed by atoms with van der Waals surface area (Å²) in [5.74, 6) is -1.24. The van der Waals surface area contributed by atoms with E-state index in [2.05, 4.69) is 14.5 Å². The molecule has 1 aliphatic heterocycles. The minimum atomic E-state index is -4.05. The number of carbonyl (C=O) groups is 2. The lowest BCUT2D eigenvalue weighted by Crippen LogP contribution is -2.39. The second-order valence-corrected chi connectivity index (χ2v) is 7.04. The average molecular weight is 365 g/mol. The van der Waals surface area contributed by atoms with Crippen LogP contribution in [0.4, 0.5) is 0 Å². The molecular weight excluding hydrogens is 346 g/mol. The molecule has 1 aliphatic rings. The lowest BCUT2D eigenvalue weighted by atomic mass is 10.1. The molecule has 1 amide bonds. The van der Waals surface area contributed by atoms with Gasteiger partial charge >= 0.3 is 16.2 Å². The Morgan fingerprint density at radius 2 is 1.84 bits per heavy atom. The maximum Gasteiger partial charge on any atom is 0.344 e. The van der Waals surface area contributed by atoms with Crippen LogP contribution in [0.3, 0.4) is 0 Å². The number of nitrogens with zero attached hydrogens (tertiary/aromatic N) is 2. The van der Waals surface area contributed by atoms with Gasteiger partial charge in [-0.1, -0.05) is 29.8 Å². The van der Waals surface area contributed by atoms with Crippen LogP contribution >= 0.6 is 0 Å². The number of hydrogen-bond donors (Lipinski definition) is 1. The van der Waals surface area contributed by atoms with E-state index in [9.17, 15) is 18.0 Å². The summed E-state index contributed by atoms with van der Waals surface area (Å²) >= 11 is 0. The van der Waals surface area contributed by atoms with Crippen molar-refractivity contribution in [3.8, 4) is 0 Å². The summed E-state index contributed by atoms with van der Waals surface area (Å²) in [7, 11) is -2.88. The lowest BCUT2D eigenvalue weighted by molar-refractivity contribution is -0.135. The van der Waals surface area contributed by atoms with Gasteiger partial charge in [0.15, 0.2) is 0 Å². The monoisotopic (exact) mass is 365 g/mol. The Hall–Kier alpha value is -2.68. The molecule has 9 heteroatoms. The third-order valence-corrected chi connectivity index (χ3v) is 4.86. The van der Waals surface area contributed by atoms with Gasteiger partial charge in [0.2, 0.25) is 5.91 Å². The van der Waals surface area contributed by atoms with Crippen LogP contribution in [-0.2, 0) is 31.1 Å². The van der Waals surface area contributed by atoms with Crippen LogP contribution in [-0.4, -0.2) is 44.0 Å². The first-order valence-corrected chi connectivity index (χ1v) is 8.83. The second kappa shape index (κ2) is 7.47. The van der Waals surface area contributed by atoms with Crippen molar-refractivity contribution in [1.29, 1.82) is 0 Å². The minimum Gasteiger partial charge on any atom is -0.465 e. The van der Waals surface area contributed by atoms with Crippen molar-refractivity contribution in [2.75, 3.05) is 13.7 Å².